The first-order valence-corrected chi connectivity index (χ1v) is 11.5. The van der Waals surface area contributed by atoms with E-state index < -0.39 is 0 Å². The quantitative estimate of drug-likeness (QED) is 0.310. The summed E-state index contributed by atoms with van der Waals surface area (Å²) in [7, 11) is 0. The molecule has 0 N–H and O–H groups in total. The SMILES string of the molecule is BrC1=CC2c3cccnc3N(c3cc(-c4ccccc4)cc(-c4ccccc4)n3)C2C=C1. The van der Waals surface area contributed by atoms with Crippen molar-refractivity contribution in [3.05, 3.63) is 119 Å². The van der Waals surface area contributed by atoms with Crippen LogP contribution in [-0.4, -0.2) is 16.0 Å². The third-order valence-corrected chi connectivity index (χ3v) is 6.63. The maximum Gasteiger partial charge on any atom is 0.138 e. The highest BCUT2D eigenvalue weighted by Crippen LogP contribution is 2.47. The average Bonchev–Trinajstić information content (AvgIpc) is 3.18. The van der Waals surface area contributed by atoms with Gasteiger partial charge in [-0.1, -0.05) is 101 Å². The third kappa shape index (κ3) is 3.28. The fourth-order valence-corrected chi connectivity index (χ4v) is 5.06. The minimum absolute atomic E-state index is 0.142. The molecule has 1 aliphatic carbocycles. The van der Waals surface area contributed by atoms with E-state index in [1.54, 1.807) is 0 Å². The number of aromatic nitrogens is 2. The van der Waals surface area contributed by atoms with Gasteiger partial charge in [-0.25, -0.2) is 9.97 Å². The molecule has 0 amide bonds. The molecule has 2 aliphatic rings. The van der Waals surface area contributed by atoms with Crippen LogP contribution in [0.1, 0.15) is 11.5 Å². The maximum atomic E-state index is 5.14. The van der Waals surface area contributed by atoms with Crippen LogP contribution in [0.15, 0.2) is 114 Å². The first-order chi connectivity index (χ1) is 15.8. The smallest absolute Gasteiger partial charge is 0.138 e. The van der Waals surface area contributed by atoms with Gasteiger partial charge in [-0.3, -0.25) is 0 Å². The van der Waals surface area contributed by atoms with Gasteiger partial charge < -0.3 is 4.90 Å². The third-order valence-electron chi connectivity index (χ3n) is 6.10. The highest BCUT2D eigenvalue weighted by Gasteiger charge is 2.39. The number of fused-ring (bicyclic) bond motifs is 3. The van der Waals surface area contributed by atoms with E-state index >= 15 is 0 Å². The molecule has 0 spiro atoms. The number of allylic oxidation sites excluding steroid dienone is 2. The molecule has 2 atom stereocenters. The van der Waals surface area contributed by atoms with Crippen molar-refractivity contribution in [1.82, 2.24) is 9.97 Å². The van der Waals surface area contributed by atoms with Gasteiger partial charge in [-0.2, -0.15) is 0 Å². The van der Waals surface area contributed by atoms with E-state index in [1.807, 2.05) is 24.4 Å². The fourth-order valence-electron chi connectivity index (χ4n) is 4.62. The fraction of sp³-hybridized carbons (Fsp3) is 0.0714. The minimum Gasteiger partial charge on any atom is -0.303 e. The normalized spacial score (nSPS) is 18.8. The number of pyridine rings is 2. The van der Waals surface area contributed by atoms with Crippen LogP contribution in [-0.2, 0) is 0 Å². The summed E-state index contributed by atoms with van der Waals surface area (Å²) in [6, 6.07) is 29.6. The van der Waals surface area contributed by atoms with Crippen LogP contribution in [0.25, 0.3) is 22.4 Å². The van der Waals surface area contributed by atoms with Crippen LogP contribution in [0.3, 0.4) is 0 Å². The van der Waals surface area contributed by atoms with E-state index in [0.29, 0.717) is 0 Å². The van der Waals surface area contributed by atoms with Crippen LogP contribution in [0.2, 0.25) is 0 Å². The van der Waals surface area contributed by atoms with Gasteiger partial charge in [0, 0.05) is 27.7 Å². The van der Waals surface area contributed by atoms with Crippen LogP contribution in [0, 0.1) is 0 Å². The Labute approximate surface area is 195 Å². The Hall–Kier alpha value is -3.50. The zero-order valence-electron chi connectivity index (χ0n) is 17.3. The summed E-state index contributed by atoms with van der Waals surface area (Å²) in [6.45, 7) is 0. The monoisotopic (exact) mass is 477 g/mol. The number of nitrogens with zero attached hydrogens (tertiary/aromatic N) is 3. The van der Waals surface area contributed by atoms with E-state index in [4.69, 9.17) is 9.97 Å². The molecule has 3 nitrogen and oxygen atoms in total. The second kappa shape index (κ2) is 7.88. The lowest BCUT2D eigenvalue weighted by Crippen LogP contribution is -2.30. The standard InChI is InChI=1S/C28H20BrN3/c29-22-13-14-26-24(18-22)23-12-7-15-30-28(23)32(26)27-17-21(19-8-3-1-4-9-19)16-25(31-27)20-10-5-2-6-11-20/h1-18,24,26H. The van der Waals surface area contributed by atoms with Crippen LogP contribution < -0.4 is 4.90 Å². The molecule has 0 saturated heterocycles. The molecular weight excluding hydrogens is 458 g/mol. The summed E-state index contributed by atoms with van der Waals surface area (Å²) in [6.07, 6.45) is 8.50. The van der Waals surface area contributed by atoms with E-state index in [-0.39, 0.29) is 12.0 Å². The molecule has 0 radical (unpaired) electrons. The zero-order valence-corrected chi connectivity index (χ0v) is 18.9. The molecule has 2 unspecified atom stereocenters. The van der Waals surface area contributed by atoms with Crippen LogP contribution in [0.5, 0.6) is 0 Å². The van der Waals surface area contributed by atoms with Gasteiger partial charge in [-0.15, -0.1) is 0 Å². The van der Waals surface area contributed by atoms with E-state index in [2.05, 4.69) is 106 Å². The van der Waals surface area contributed by atoms with Gasteiger partial charge >= 0.3 is 0 Å². The molecule has 154 valence electrons. The average molecular weight is 478 g/mol. The van der Waals surface area contributed by atoms with Gasteiger partial charge in [0.05, 0.1) is 11.7 Å². The van der Waals surface area contributed by atoms with Gasteiger partial charge in [0.2, 0.25) is 0 Å². The number of hydrogen-bond donors (Lipinski definition) is 0. The molecule has 4 aromatic rings. The minimum atomic E-state index is 0.142. The Balaban J connectivity index is 1.56. The van der Waals surface area contributed by atoms with Crippen LogP contribution in [0.4, 0.5) is 11.6 Å². The van der Waals surface area contributed by atoms with Crippen molar-refractivity contribution in [3.63, 3.8) is 0 Å². The largest absolute Gasteiger partial charge is 0.303 e. The van der Waals surface area contributed by atoms with Crippen molar-refractivity contribution < 1.29 is 0 Å². The summed E-state index contributed by atoms with van der Waals surface area (Å²) in [5, 5.41) is 0. The molecule has 0 fully saturated rings. The predicted octanol–water partition coefficient (Wildman–Crippen LogP) is 7.26. The molecular formula is C28H20BrN3. The van der Waals surface area contributed by atoms with Gasteiger partial charge in [0.25, 0.3) is 0 Å². The molecule has 32 heavy (non-hydrogen) atoms. The molecule has 0 bridgehead atoms. The van der Waals surface area contributed by atoms with Gasteiger partial charge in [0.1, 0.15) is 11.6 Å². The molecule has 3 heterocycles. The second-order valence-corrected chi connectivity index (χ2v) is 8.96. The highest BCUT2D eigenvalue weighted by molar-refractivity contribution is 9.11. The first kappa shape index (κ1) is 19.2. The summed E-state index contributed by atoms with van der Waals surface area (Å²) < 4.78 is 1.10. The highest BCUT2D eigenvalue weighted by atomic mass is 79.9. The Bertz CT molecular complexity index is 1290. The van der Waals surface area contributed by atoms with Crippen molar-refractivity contribution in [1.29, 1.82) is 0 Å². The van der Waals surface area contributed by atoms with Gasteiger partial charge in [0.15, 0.2) is 0 Å². The summed E-state index contributed by atoms with van der Waals surface area (Å²) in [5.74, 6) is 2.12. The lowest BCUT2D eigenvalue weighted by Gasteiger charge is -2.28. The van der Waals surface area contributed by atoms with E-state index in [0.717, 1.165) is 32.9 Å². The molecule has 2 aromatic carbocycles. The molecule has 4 heteroatoms. The number of benzene rings is 2. The van der Waals surface area contributed by atoms with E-state index in [9.17, 15) is 0 Å². The Morgan fingerprint density at radius 1 is 0.781 bits per heavy atom. The topological polar surface area (TPSA) is 29.0 Å². The summed E-state index contributed by atoms with van der Waals surface area (Å²) in [4.78, 5) is 12.2. The Morgan fingerprint density at radius 2 is 1.53 bits per heavy atom. The lowest BCUT2D eigenvalue weighted by atomic mass is 9.92. The number of hydrogen-bond acceptors (Lipinski definition) is 3. The van der Waals surface area contributed by atoms with Crippen molar-refractivity contribution in [2.75, 3.05) is 4.90 Å². The second-order valence-electron chi connectivity index (χ2n) is 8.04. The maximum absolute atomic E-state index is 5.14. The zero-order chi connectivity index (χ0) is 21.5. The molecule has 2 aromatic heterocycles. The first-order valence-electron chi connectivity index (χ1n) is 10.7. The molecule has 6 rings (SSSR count). The van der Waals surface area contributed by atoms with Crippen molar-refractivity contribution in [2.24, 2.45) is 0 Å². The van der Waals surface area contributed by atoms with Crippen molar-refractivity contribution in [3.8, 4) is 22.4 Å². The molecule has 0 saturated carbocycles. The van der Waals surface area contributed by atoms with Crippen molar-refractivity contribution >= 4 is 27.6 Å². The number of halogens is 1. The number of rotatable bonds is 3. The van der Waals surface area contributed by atoms with Crippen LogP contribution >= 0.6 is 15.9 Å². The lowest BCUT2D eigenvalue weighted by molar-refractivity contribution is 0.736. The van der Waals surface area contributed by atoms with E-state index in [1.165, 1.54) is 11.1 Å². The Kier molecular flexibility index (Phi) is 4.73. The van der Waals surface area contributed by atoms with Crippen molar-refractivity contribution in [2.45, 2.75) is 12.0 Å². The van der Waals surface area contributed by atoms with Gasteiger partial charge in [-0.05, 0) is 29.3 Å². The number of anilines is 2. The summed E-state index contributed by atoms with van der Waals surface area (Å²) in [5.41, 5.74) is 5.61. The molecule has 1 aliphatic heterocycles. The summed E-state index contributed by atoms with van der Waals surface area (Å²) >= 11 is 3.66. The predicted molar refractivity (Wildman–Crippen MR) is 134 cm³/mol. The Morgan fingerprint density at radius 3 is 2.31 bits per heavy atom.